The number of nitrogens with one attached hydrogen (secondary N) is 2. The van der Waals surface area contributed by atoms with Gasteiger partial charge in [-0.15, -0.1) is 0 Å². The fraction of sp³-hybridized carbons (Fsp3) is 0.440. The molecule has 2 aliphatic rings. The van der Waals surface area contributed by atoms with Gasteiger partial charge in [0, 0.05) is 33.0 Å². The summed E-state index contributed by atoms with van der Waals surface area (Å²) in [5.74, 6) is -0.264. The van der Waals surface area contributed by atoms with Gasteiger partial charge in [-0.2, -0.15) is 0 Å². The Bertz CT molecular complexity index is 842. The molecule has 1 heterocycles. The van der Waals surface area contributed by atoms with Crippen LogP contribution in [0.4, 0.5) is 0 Å². The van der Waals surface area contributed by atoms with Crippen LogP contribution < -0.4 is 10.9 Å². The van der Waals surface area contributed by atoms with Crippen LogP contribution in [-0.2, 0) is 16.1 Å². The Hall–Kier alpha value is -2.70. The Morgan fingerprint density at radius 2 is 1.84 bits per heavy atom. The van der Waals surface area contributed by atoms with E-state index in [0.29, 0.717) is 12.8 Å². The Morgan fingerprint density at radius 3 is 2.61 bits per heavy atom. The fourth-order valence-corrected chi connectivity index (χ4v) is 3.87. The second kappa shape index (κ2) is 11.6. The van der Waals surface area contributed by atoms with Gasteiger partial charge in [0.05, 0.1) is 0 Å². The summed E-state index contributed by atoms with van der Waals surface area (Å²) in [7, 11) is 2.20. The Balaban J connectivity index is 1.50. The second-order valence-corrected chi connectivity index (χ2v) is 8.43. The first-order chi connectivity index (χ1) is 15.0. The molecule has 1 aliphatic carbocycles. The van der Waals surface area contributed by atoms with E-state index >= 15 is 0 Å². The fourth-order valence-electron chi connectivity index (χ4n) is 3.87. The summed E-state index contributed by atoms with van der Waals surface area (Å²) in [5, 5.41) is 0. The average molecular weight is 423 g/mol. The number of likely N-dealkylation sites (N-methyl/N-ethyl adjacent to an activating group) is 1. The Labute approximate surface area is 185 Å². The summed E-state index contributed by atoms with van der Waals surface area (Å²) < 4.78 is 0. The van der Waals surface area contributed by atoms with E-state index in [0.717, 1.165) is 26.2 Å². The topological polar surface area (TPSA) is 64.7 Å². The molecule has 0 aromatic heterocycles. The molecule has 6 nitrogen and oxygen atoms in total. The predicted octanol–water partition coefficient (Wildman–Crippen LogP) is 2.90. The molecule has 1 fully saturated rings. The molecular weight excluding hydrogens is 388 g/mol. The zero-order valence-corrected chi connectivity index (χ0v) is 18.6. The molecule has 1 atom stereocenters. The maximum absolute atomic E-state index is 11.8. The van der Waals surface area contributed by atoms with Gasteiger partial charge >= 0.3 is 0 Å². The highest BCUT2D eigenvalue weighted by Gasteiger charge is 2.13. The summed E-state index contributed by atoms with van der Waals surface area (Å²) in [6.07, 6.45) is 12.9. The zero-order valence-electron chi connectivity index (χ0n) is 18.6. The molecule has 1 aliphatic heterocycles. The number of rotatable bonds is 6. The normalized spacial score (nSPS) is 19.9. The van der Waals surface area contributed by atoms with Gasteiger partial charge in [-0.1, -0.05) is 54.6 Å². The van der Waals surface area contributed by atoms with E-state index in [1.54, 1.807) is 0 Å². The van der Waals surface area contributed by atoms with Crippen LogP contribution in [0, 0.1) is 5.92 Å². The first-order valence-corrected chi connectivity index (χ1v) is 11.1. The smallest absolute Gasteiger partial charge is 0.238 e. The lowest BCUT2D eigenvalue weighted by molar-refractivity contribution is -0.127. The highest BCUT2D eigenvalue weighted by atomic mass is 16.2. The van der Waals surface area contributed by atoms with Gasteiger partial charge in [-0.05, 0) is 55.6 Å². The number of hydrogen-bond donors (Lipinski definition) is 2. The van der Waals surface area contributed by atoms with Crippen molar-refractivity contribution in [3.05, 3.63) is 65.8 Å². The van der Waals surface area contributed by atoms with Gasteiger partial charge in [-0.25, -0.2) is 0 Å². The number of hydrazine groups is 1. The molecule has 0 radical (unpaired) electrons. The molecule has 6 heteroatoms. The number of hydrogen-bond acceptors (Lipinski definition) is 4. The van der Waals surface area contributed by atoms with Gasteiger partial charge < -0.3 is 4.90 Å². The van der Waals surface area contributed by atoms with Gasteiger partial charge in [0.1, 0.15) is 0 Å². The van der Waals surface area contributed by atoms with Crippen LogP contribution >= 0.6 is 0 Å². The lowest BCUT2D eigenvalue weighted by Crippen LogP contribution is -2.40. The van der Waals surface area contributed by atoms with Crippen molar-refractivity contribution in [3.8, 4) is 0 Å². The molecule has 0 bridgehead atoms. The maximum atomic E-state index is 11.8. The van der Waals surface area contributed by atoms with E-state index in [2.05, 4.69) is 82.3 Å². The second-order valence-electron chi connectivity index (χ2n) is 8.43. The molecule has 2 N–H and O–H groups in total. The van der Waals surface area contributed by atoms with Crippen LogP contribution in [0.3, 0.4) is 0 Å². The molecule has 0 spiro atoms. The Morgan fingerprint density at radius 1 is 1.03 bits per heavy atom. The van der Waals surface area contributed by atoms with E-state index in [1.807, 2.05) is 0 Å². The summed E-state index contributed by atoms with van der Waals surface area (Å²) in [6, 6.07) is 8.86. The molecule has 31 heavy (non-hydrogen) atoms. The number of benzene rings is 1. The Kier molecular flexibility index (Phi) is 8.62. The van der Waals surface area contributed by atoms with Crippen molar-refractivity contribution in [2.45, 2.75) is 32.7 Å². The minimum atomic E-state index is -0.276. The molecule has 1 saturated heterocycles. The lowest BCUT2D eigenvalue weighted by Gasteiger charge is -2.20. The van der Waals surface area contributed by atoms with Crippen molar-refractivity contribution in [2.24, 2.45) is 5.92 Å². The summed E-state index contributed by atoms with van der Waals surface area (Å²) in [4.78, 5) is 27.6. The summed E-state index contributed by atoms with van der Waals surface area (Å²) in [6.45, 7) is 6.98. The van der Waals surface area contributed by atoms with Crippen molar-refractivity contribution >= 4 is 17.4 Å². The van der Waals surface area contributed by atoms with E-state index in [-0.39, 0.29) is 17.7 Å². The third kappa shape index (κ3) is 7.81. The van der Waals surface area contributed by atoms with Crippen LogP contribution in [0.1, 0.15) is 37.3 Å². The zero-order chi connectivity index (χ0) is 22.1. The van der Waals surface area contributed by atoms with Gasteiger partial charge in [0.15, 0.2) is 0 Å². The predicted molar refractivity (Wildman–Crippen MR) is 125 cm³/mol. The van der Waals surface area contributed by atoms with Crippen molar-refractivity contribution < 1.29 is 9.59 Å². The van der Waals surface area contributed by atoms with E-state index in [1.165, 1.54) is 36.6 Å². The van der Waals surface area contributed by atoms with E-state index in [9.17, 15) is 9.59 Å². The third-order valence-electron chi connectivity index (χ3n) is 5.75. The van der Waals surface area contributed by atoms with Gasteiger partial charge in [0.2, 0.25) is 11.8 Å². The minimum Gasteiger partial charge on any atom is -0.305 e. The number of nitrogens with zero attached hydrogens (tertiary/aromatic N) is 2. The van der Waals surface area contributed by atoms with Crippen LogP contribution in [-0.4, -0.2) is 54.8 Å². The number of carbonyl (C=O) groups excluding carboxylic acids is 2. The monoisotopic (exact) mass is 422 g/mol. The van der Waals surface area contributed by atoms with Crippen LogP contribution in [0.2, 0.25) is 0 Å². The first kappa shape index (κ1) is 23.0. The summed E-state index contributed by atoms with van der Waals surface area (Å²) in [5.41, 5.74) is 8.45. The quantitative estimate of drug-likeness (QED) is 0.692. The minimum absolute atomic E-state index is 0.180. The molecule has 1 unspecified atom stereocenters. The van der Waals surface area contributed by atoms with E-state index in [4.69, 9.17) is 0 Å². The number of allylic oxidation sites excluding steroid dienone is 6. The molecule has 0 saturated carbocycles. The molecule has 166 valence electrons. The van der Waals surface area contributed by atoms with Crippen molar-refractivity contribution in [3.63, 3.8) is 0 Å². The highest BCUT2D eigenvalue weighted by Crippen LogP contribution is 2.23. The van der Waals surface area contributed by atoms with Crippen LogP contribution in [0.15, 0.2) is 54.6 Å². The molecule has 1 aromatic rings. The van der Waals surface area contributed by atoms with E-state index < -0.39 is 0 Å². The average Bonchev–Trinajstić information content (AvgIpc) is 3.12. The highest BCUT2D eigenvalue weighted by molar-refractivity contribution is 5.80. The standard InChI is InChI=1S/C25H34N4O2/c1-20(30)26-27-25(31)14-10-21-5-3-6-23(11-7-21)24-12-8-22(9-13-24)19-29-16-4-15-28(2)17-18-29/h3,5-9,11-13,21H,4,10,14-19H2,1-2H3,(H,26,30)(H,27,31). The molecular formula is C25H34N4O2. The molecule has 1 aromatic carbocycles. The molecule has 2 amide bonds. The number of carbonyl (C=O) groups is 2. The number of amides is 2. The van der Waals surface area contributed by atoms with Crippen molar-refractivity contribution in [1.82, 2.24) is 20.7 Å². The van der Waals surface area contributed by atoms with Crippen LogP contribution in [0.5, 0.6) is 0 Å². The summed E-state index contributed by atoms with van der Waals surface area (Å²) >= 11 is 0. The van der Waals surface area contributed by atoms with Crippen molar-refractivity contribution in [1.29, 1.82) is 0 Å². The van der Waals surface area contributed by atoms with Crippen LogP contribution in [0.25, 0.3) is 5.57 Å². The first-order valence-electron chi connectivity index (χ1n) is 11.1. The SMILES string of the molecule is CC(=O)NNC(=O)CCC1C=CC=C(c2ccc(CN3CCCN(C)CC3)cc2)C=C1. The molecule has 3 rings (SSSR count). The maximum Gasteiger partial charge on any atom is 0.238 e. The third-order valence-corrected chi connectivity index (χ3v) is 5.75. The van der Waals surface area contributed by atoms with Gasteiger partial charge in [-0.3, -0.25) is 25.3 Å². The van der Waals surface area contributed by atoms with Gasteiger partial charge in [0.25, 0.3) is 0 Å². The largest absolute Gasteiger partial charge is 0.305 e. The van der Waals surface area contributed by atoms with Crippen molar-refractivity contribution in [2.75, 3.05) is 33.2 Å². The lowest BCUT2D eigenvalue weighted by atomic mass is 10.0.